The van der Waals surface area contributed by atoms with Gasteiger partial charge in [0.15, 0.2) is 9.84 Å². The minimum Gasteiger partial charge on any atom is -0.466 e. The number of esters is 1. The lowest BCUT2D eigenvalue weighted by Gasteiger charge is -2.30. The number of hydrogen-bond acceptors (Lipinski definition) is 4. The number of halogens is 11. The Hall–Kier alpha value is -1.35. The molecule has 0 saturated carbocycles. The van der Waals surface area contributed by atoms with Crippen LogP contribution < -0.4 is 0 Å². The maximum atomic E-state index is 14.5. The van der Waals surface area contributed by atoms with Crippen LogP contribution in [0.5, 0.6) is 0 Å². The summed E-state index contributed by atoms with van der Waals surface area (Å²) in [5.41, 5.74) is 0. The second-order valence-corrected chi connectivity index (χ2v) is 7.47. The Bertz CT molecular complexity index is 638. The molecule has 0 radical (unpaired) electrons. The Kier molecular flexibility index (Phi) is 7.20. The summed E-state index contributed by atoms with van der Waals surface area (Å²) < 4.78 is 165. The van der Waals surface area contributed by atoms with Crippen molar-refractivity contribution >= 4 is 15.8 Å². The first kappa shape index (κ1) is 25.6. The fourth-order valence-corrected chi connectivity index (χ4v) is 3.21. The summed E-state index contributed by atoms with van der Waals surface area (Å²) in [6.07, 6.45) is -19.6. The van der Waals surface area contributed by atoms with Gasteiger partial charge in [-0.15, -0.1) is 0 Å². The van der Waals surface area contributed by atoms with Gasteiger partial charge in [0.1, 0.15) is 0 Å². The molecule has 4 nitrogen and oxygen atoms in total. The molecule has 0 bridgehead atoms. The van der Waals surface area contributed by atoms with Crippen molar-refractivity contribution in [1.82, 2.24) is 0 Å². The summed E-state index contributed by atoms with van der Waals surface area (Å²) >= 11 is 0. The monoisotopic (exact) mass is 448 g/mol. The topological polar surface area (TPSA) is 60.4 Å². The van der Waals surface area contributed by atoms with Crippen LogP contribution in [0.3, 0.4) is 0 Å². The van der Waals surface area contributed by atoms with Crippen LogP contribution in [-0.2, 0) is 19.4 Å². The van der Waals surface area contributed by atoms with E-state index in [0.29, 0.717) is 7.11 Å². The third-order valence-corrected chi connectivity index (χ3v) is 5.31. The Balaban J connectivity index is 5.78. The lowest BCUT2D eigenvalue weighted by molar-refractivity contribution is -0.356. The van der Waals surface area contributed by atoms with E-state index in [9.17, 15) is 61.5 Å². The van der Waals surface area contributed by atoms with Crippen molar-refractivity contribution < 1.29 is 66.2 Å². The van der Waals surface area contributed by atoms with Gasteiger partial charge < -0.3 is 4.74 Å². The van der Waals surface area contributed by atoms with Gasteiger partial charge in [0.25, 0.3) is 0 Å². The van der Waals surface area contributed by atoms with E-state index in [0.717, 1.165) is 0 Å². The number of carbonyl (C=O) groups is 1. The van der Waals surface area contributed by atoms with Crippen LogP contribution in [0.25, 0.3) is 0 Å². The zero-order chi connectivity index (χ0) is 22.1. The molecule has 27 heavy (non-hydrogen) atoms. The molecule has 0 rings (SSSR count). The number of methoxy groups -OCH3 is 1. The van der Waals surface area contributed by atoms with E-state index >= 15 is 0 Å². The lowest BCUT2D eigenvalue weighted by atomic mass is 10.0. The Morgan fingerprint density at radius 3 is 1.59 bits per heavy atom. The van der Waals surface area contributed by atoms with Gasteiger partial charge in [-0.25, -0.2) is 17.6 Å². The van der Waals surface area contributed by atoms with Crippen LogP contribution in [-0.4, -0.2) is 56.4 Å². The molecule has 0 aromatic rings. The molecule has 1 atom stereocenters. The summed E-state index contributed by atoms with van der Waals surface area (Å²) in [5, 5.41) is -4.70. The second-order valence-electron chi connectivity index (χ2n) is 5.18. The SMILES string of the molecule is COC(=O)C(F)(CCC(F)(F)C(F)(F)C(F)(F)F)S(=O)(=O)CCC(F)(F)F. The summed E-state index contributed by atoms with van der Waals surface area (Å²) in [7, 11) is -5.60. The predicted octanol–water partition coefficient (Wildman–Crippen LogP) is 3.81. The smallest absolute Gasteiger partial charge is 0.459 e. The van der Waals surface area contributed by atoms with Crippen LogP contribution in [0.2, 0.25) is 0 Å². The summed E-state index contributed by atoms with van der Waals surface area (Å²) in [4.78, 5) is 11.3. The highest BCUT2D eigenvalue weighted by atomic mass is 32.2. The average molecular weight is 448 g/mol. The number of rotatable bonds is 8. The molecular weight excluding hydrogens is 437 g/mol. The van der Waals surface area contributed by atoms with Crippen molar-refractivity contribution in [1.29, 1.82) is 0 Å². The quantitative estimate of drug-likeness (QED) is 0.419. The highest BCUT2D eigenvalue weighted by molar-refractivity contribution is 7.93. The van der Waals surface area contributed by atoms with E-state index in [-0.39, 0.29) is 0 Å². The predicted molar refractivity (Wildman–Crippen MR) is 65.5 cm³/mol. The molecule has 0 spiro atoms. The van der Waals surface area contributed by atoms with Crippen LogP contribution >= 0.6 is 0 Å². The zero-order valence-electron chi connectivity index (χ0n) is 13.0. The molecular formula is C11H11F11O4S. The van der Waals surface area contributed by atoms with Gasteiger partial charge in [0.2, 0.25) is 0 Å². The van der Waals surface area contributed by atoms with E-state index < -0.39 is 70.0 Å². The van der Waals surface area contributed by atoms with Gasteiger partial charge in [0.05, 0.1) is 19.3 Å². The van der Waals surface area contributed by atoms with Gasteiger partial charge in [-0.05, 0) is 0 Å². The summed E-state index contributed by atoms with van der Waals surface area (Å²) in [5.74, 6) is -17.5. The van der Waals surface area contributed by atoms with Crippen LogP contribution in [0.1, 0.15) is 19.3 Å². The fraction of sp³-hybridized carbons (Fsp3) is 0.909. The molecule has 0 aromatic carbocycles. The van der Waals surface area contributed by atoms with Gasteiger partial charge in [0, 0.05) is 12.8 Å². The third-order valence-electron chi connectivity index (χ3n) is 3.21. The molecule has 0 aliphatic heterocycles. The van der Waals surface area contributed by atoms with Gasteiger partial charge in [-0.2, -0.15) is 43.9 Å². The molecule has 0 aliphatic rings. The Morgan fingerprint density at radius 1 is 0.815 bits per heavy atom. The van der Waals surface area contributed by atoms with Gasteiger partial charge in [-0.1, -0.05) is 0 Å². The molecule has 0 aliphatic carbocycles. The standard InChI is InChI=1S/C11H11F11O4S/c1-26-6(23)7(12,27(24,25)5-4-9(15,16)17)2-3-8(13,14)10(18,19)11(20,21)22/h2-5H2,1H3. The summed E-state index contributed by atoms with van der Waals surface area (Å²) in [6, 6.07) is 0. The molecule has 0 heterocycles. The van der Waals surface area contributed by atoms with Crippen LogP contribution in [0.15, 0.2) is 0 Å². The van der Waals surface area contributed by atoms with E-state index in [1.54, 1.807) is 0 Å². The fourth-order valence-electron chi connectivity index (χ4n) is 1.63. The van der Waals surface area contributed by atoms with Crippen molar-refractivity contribution in [3.05, 3.63) is 0 Å². The highest BCUT2D eigenvalue weighted by Crippen LogP contribution is 2.49. The van der Waals surface area contributed by atoms with E-state index in [1.165, 1.54) is 0 Å². The molecule has 1 unspecified atom stereocenters. The first-order valence-corrected chi connectivity index (χ1v) is 8.18. The third kappa shape index (κ3) is 5.57. The molecule has 0 fully saturated rings. The molecule has 0 amide bonds. The van der Waals surface area contributed by atoms with Gasteiger partial charge >= 0.3 is 35.2 Å². The van der Waals surface area contributed by atoms with Crippen LogP contribution in [0, 0.1) is 0 Å². The molecule has 0 saturated heterocycles. The van der Waals surface area contributed by atoms with Crippen molar-refractivity contribution in [3.63, 3.8) is 0 Å². The van der Waals surface area contributed by atoms with Crippen molar-refractivity contribution in [3.8, 4) is 0 Å². The second kappa shape index (κ2) is 7.58. The number of sulfone groups is 1. The maximum Gasteiger partial charge on any atom is 0.459 e. The Labute approximate surface area is 144 Å². The molecule has 16 heteroatoms. The van der Waals surface area contributed by atoms with E-state index in [4.69, 9.17) is 0 Å². The normalized spacial score (nSPS) is 16.7. The number of ether oxygens (including phenoxy) is 1. The van der Waals surface area contributed by atoms with Crippen molar-refractivity contribution in [2.45, 2.75) is 48.5 Å². The largest absolute Gasteiger partial charge is 0.466 e. The first-order valence-electron chi connectivity index (χ1n) is 6.53. The first-order chi connectivity index (χ1) is 11.6. The van der Waals surface area contributed by atoms with Crippen LogP contribution in [0.4, 0.5) is 48.3 Å². The number of carbonyl (C=O) groups excluding carboxylic acids is 1. The average Bonchev–Trinajstić information content (AvgIpc) is 2.47. The minimum atomic E-state index is -6.81. The van der Waals surface area contributed by atoms with E-state index in [2.05, 4.69) is 4.74 Å². The zero-order valence-corrected chi connectivity index (χ0v) is 13.8. The molecule has 0 N–H and O–H groups in total. The number of hydrogen-bond donors (Lipinski definition) is 0. The van der Waals surface area contributed by atoms with E-state index in [1.807, 2.05) is 0 Å². The summed E-state index contributed by atoms with van der Waals surface area (Å²) in [6.45, 7) is 0. The maximum absolute atomic E-state index is 14.5. The number of alkyl halides is 11. The highest BCUT2D eigenvalue weighted by Gasteiger charge is 2.73. The van der Waals surface area contributed by atoms with Crippen molar-refractivity contribution in [2.24, 2.45) is 0 Å². The molecule has 162 valence electrons. The molecule has 0 aromatic heterocycles. The lowest BCUT2D eigenvalue weighted by Crippen LogP contribution is -2.53. The van der Waals surface area contributed by atoms with Gasteiger partial charge in [-0.3, -0.25) is 0 Å². The minimum absolute atomic E-state index is 0.290. The van der Waals surface area contributed by atoms with Crippen molar-refractivity contribution in [2.75, 3.05) is 12.9 Å². The Morgan fingerprint density at radius 2 is 1.26 bits per heavy atom.